The molecule has 0 radical (unpaired) electrons. The molecule has 0 unspecified atom stereocenters. The van der Waals surface area contributed by atoms with E-state index in [9.17, 15) is 24.3 Å². The zero-order valence-corrected chi connectivity index (χ0v) is 30.7. The number of aromatic nitrogens is 5. The van der Waals surface area contributed by atoms with E-state index in [4.69, 9.17) is 23.9 Å². The Morgan fingerprint density at radius 3 is 0.945 bits per heavy atom. The van der Waals surface area contributed by atoms with Gasteiger partial charge in [-0.3, -0.25) is 14.8 Å². The molecule has 0 spiro atoms. The number of hydrogen-bond acceptors (Lipinski definition) is 16. The first-order chi connectivity index (χ1) is 26.6. The highest BCUT2D eigenvalue weighted by Gasteiger charge is 2.19. The quantitative estimate of drug-likeness (QED) is 0.112. The summed E-state index contributed by atoms with van der Waals surface area (Å²) in [4.78, 5) is 75.6. The average molecular weight is 750 g/mol. The van der Waals surface area contributed by atoms with E-state index in [0.29, 0.717) is 34.2 Å². The van der Waals surface area contributed by atoms with Gasteiger partial charge < -0.3 is 24.1 Å². The molecule has 5 aromatic heterocycles. The van der Waals surface area contributed by atoms with Gasteiger partial charge >= 0.3 is 23.9 Å². The molecule has 0 atom stereocenters. The first kappa shape index (κ1) is 39.6. The van der Waals surface area contributed by atoms with Crippen molar-refractivity contribution in [3.63, 3.8) is 0 Å². The maximum Gasteiger partial charge on any atom is 0.356 e. The summed E-state index contributed by atoms with van der Waals surface area (Å²) < 4.78 is 19.4. The van der Waals surface area contributed by atoms with Gasteiger partial charge in [-0.25, -0.2) is 39.1 Å². The van der Waals surface area contributed by atoms with Crippen LogP contribution in [0.25, 0.3) is 0 Å². The number of hydrogen-bond donors (Lipinski definition) is 1. The SMILES string of the molecule is COC(=O)c1cccc(CN(Cc2cc(O)cc(CN(Cc3cccc(C(=O)OC)n3)Cc3cccc(C(=O)OC)n3)n2)Cc2cccc(C(=O)OC)n2)n1. The predicted octanol–water partition coefficient (Wildman–Crippen LogP) is 3.92. The molecular weight excluding hydrogens is 710 g/mol. The van der Waals surface area contributed by atoms with Crippen LogP contribution in [0.1, 0.15) is 76.1 Å². The molecule has 0 aliphatic rings. The lowest BCUT2D eigenvalue weighted by molar-refractivity contribution is 0.0584. The summed E-state index contributed by atoms with van der Waals surface area (Å²) in [6.45, 7) is 1.33. The standard InChI is InChI=1S/C39H39N7O9/c1-52-36(48)32-13-5-9-25(41-32)19-45(20-26-10-6-14-33(42-26)37(49)53-2)23-29-17-31(47)18-30(40-29)24-46(21-27-11-7-15-34(43-27)38(50)54-3)22-28-12-8-16-35(44-28)39(51)55-4/h5-18H,19-24H2,1-4H3,(H,40,47). The van der Waals surface area contributed by atoms with E-state index in [2.05, 4.69) is 19.9 Å². The van der Waals surface area contributed by atoms with Crippen LogP contribution in [-0.2, 0) is 58.2 Å². The third-order valence-electron chi connectivity index (χ3n) is 8.04. The van der Waals surface area contributed by atoms with E-state index >= 15 is 0 Å². The lowest BCUT2D eigenvalue weighted by atomic mass is 10.2. The summed E-state index contributed by atoms with van der Waals surface area (Å²) in [7, 11) is 5.12. The zero-order chi connectivity index (χ0) is 39.3. The highest BCUT2D eigenvalue weighted by molar-refractivity contribution is 5.88. The summed E-state index contributed by atoms with van der Waals surface area (Å²) in [6.07, 6.45) is 0. The third kappa shape index (κ3) is 11.2. The average Bonchev–Trinajstić information content (AvgIpc) is 3.19. The molecule has 0 aliphatic carbocycles. The molecular formula is C39H39N7O9. The minimum Gasteiger partial charge on any atom is -0.508 e. The molecule has 0 saturated carbocycles. The van der Waals surface area contributed by atoms with E-state index in [0.717, 1.165) is 0 Å². The highest BCUT2D eigenvalue weighted by Crippen LogP contribution is 2.20. The molecule has 284 valence electrons. The summed E-state index contributed by atoms with van der Waals surface area (Å²) in [5.41, 5.74) is 3.79. The number of aromatic hydroxyl groups is 1. The van der Waals surface area contributed by atoms with E-state index in [1.165, 1.54) is 28.4 Å². The monoisotopic (exact) mass is 749 g/mol. The topological polar surface area (TPSA) is 196 Å². The minimum atomic E-state index is -0.580. The van der Waals surface area contributed by atoms with Gasteiger partial charge in [0.05, 0.1) is 62.6 Å². The number of carbonyl (C=O) groups excluding carboxylic acids is 4. The number of nitrogens with zero attached hydrogens (tertiary/aromatic N) is 7. The van der Waals surface area contributed by atoms with Crippen LogP contribution in [0.2, 0.25) is 0 Å². The van der Waals surface area contributed by atoms with Crippen molar-refractivity contribution in [1.82, 2.24) is 34.7 Å². The van der Waals surface area contributed by atoms with E-state index < -0.39 is 23.9 Å². The number of esters is 4. The van der Waals surface area contributed by atoms with Crippen LogP contribution in [0.5, 0.6) is 5.75 Å². The van der Waals surface area contributed by atoms with Gasteiger partial charge in [0, 0.05) is 51.4 Å². The van der Waals surface area contributed by atoms with Crippen molar-refractivity contribution >= 4 is 23.9 Å². The molecule has 5 rings (SSSR count). The molecule has 0 saturated heterocycles. The van der Waals surface area contributed by atoms with Crippen LogP contribution in [0.3, 0.4) is 0 Å². The minimum absolute atomic E-state index is 0.0341. The van der Waals surface area contributed by atoms with Gasteiger partial charge in [0.25, 0.3) is 0 Å². The predicted molar refractivity (Wildman–Crippen MR) is 194 cm³/mol. The number of methoxy groups -OCH3 is 4. The Balaban J connectivity index is 1.46. The zero-order valence-electron chi connectivity index (χ0n) is 30.7. The Hall–Kier alpha value is -6.65. The molecule has 16 nitrogen and oxygen atoms in total. The number of carbonyl (C=O) groups is 4. The Morgan fingerprint density at radius 2 is 0.691 bits per heavy atom. The van der Waals surface area contributed by atoms with Gasteiger partial charge in [0.1, 0.15) is 28.5 Å². The number of pyridine rings is 5. The van der Waals surface area contributed by atoms with Crippen molar-refractivity contribution in [1.29, 1.82) is 0 Å². The van der Waals surface area contributed by atoms with Gasteiger partial charge in [-0.2, -0.15) is 0 Å². The summed E-state index contributed by atoms with van der Waals surface area (Å²) >= 11 is 0. The van der Waals surface area contributed by atoms with Gasteiger partial charge in [-0.1, -0.05) is 24.3 Å². The number of ether oxygens (including phenoxy) is 4. The first-order valence-electron chi connectivity index (χ1n) is 16.9. The Labute approximate surface area is 316 Å². The molecule has 0 aliphatic heterocycles. The van der Waals surface area contributed by atoms with Crippen molar-refractivity contribution in [2.45, 2.75) is 39.3 Å². The van der Waals surface area contributed by atoms with Crippen LogP contribution in [0.15, 0.2) is 84.9 Å². The highest BCUT2D eigenvalue weighted by atomic mass is 16.5. The maximum atomic E-state index is 12.2. The second kappa shape index (κ2) is 18.9. The fourth-order valence-corrected chi connectivity index (χ4v) is 5.65. The van der Waals surface area contributed by atoms with Gasteiger partial charge in [0.2, 0.25) is 0 Å². The largest absolute Gasteiger partial charge is 0.508 e. The van der Waals surface area contributed by atoms with Crippen molar-refractivity contribution < 1.29 is 43.2 Å². The molecule has 0 fully saturated rings. The Morgan fingerprint density at radius 1 is 0.436 bits per heavy atom. The molecule has 5 heterocycles. The Kier molecular flexibility index (Phi) is 13.6. The maximum absolute atomic E-state index is 12.2. The van der Waals surface area contributed by atoms with Gasteiger partial charge in [0.15, 0.2) is 0 Å². The molecule has 1 N–H and O–H groups in total. The molecule has 0 bridgehead atoms. The molecule has 16 heteroatoms. The molecule has 0 aromatic carbocycles. The van der Waals surface area contributed by atoms with Crippen molar-refractivity contribution in [2.75, 3.05) is 28.4 Å². The second-order valence-corrected chi connectivity index (χ2v) is 12.1. The van der Waals surface area contributed by atoms with Crippen molar-refractivity contribution in [3.05, 3.63) is 142 Å². The molecule has 0 amide bonds. The molecule has 5 aromatic rings. The Bertz CT molecular complexity index is 1890. The third-order valence-corrected chi connectivity index (χ3v) is 8.04. The van der Waals surface area contributed by atoms with E-state index in [1.54, 1.807) is 84.9 Å². The fourth-order valence-electron chi connectivity index (χ4n) is 5.65. The fraction of sp³-hybridized carbons (Fsp3) is 0.256. The van der Waals surface area contributed by atoms with Crippen molar-refractivity contribution in [3.8, 4) is 5.75 Å². The summed E-state index contributed by atoms with van der Waals surface area (Å²) in [6, 6.07) is 23.2. The summed E-state index contributed by atoms with van der Waals surface area (Å²) in [5.74, 6) is -2.35. The van der Waals surface area contributed by atoms with Crippen LogP contribution in [0, 0.1) is 0 Å². The smallest absolute Gasteiger partial charge is 0.356 e. The first-order valence-corrected chi connectivity index (χ1v) is 16.9. The van der Waals surface area contributed by atoms with Gasteiger partial charge in [-0.05, 0) is 48.5 Å². The van der Waals surface area contributed by atoms with Crippen LogP contribution >= 0.6 is 0 Å². The second-order valence-electron chi connectivity index (χ2n) is 12.1. The van der Waals surface area contributed by atoms with Crippen molar-refractivity contribution in [2.24, 2.45) is 0 Å². The van der Waals surface area contributed by atoms with E-state index in [-0.39, 0.29) is 67.8 Å². The number of rotatable bonds is 16. The van der Waals surface area contributed by atoms with Crippen LogP contribution in [0.4, 0.5) is 0 Å². The summed E-state index contributed by atoms with van der Waals surface area (Å²) in [5, 5.41) is 10.9. The van der Waals surface area contributed by atoms with E-state index in [1.807, 2.05) is 9.80 Å². The lowest BCUT2D eigenvalue weighted by Gasteiger charge is -2.24. The lowest BCUT2D eigenvalue weighted by Crippen LogP contribution is -2.26. The van der Waals surface area contributed by atoms with Crippen LogP contribution in [-0.4, -0.2) is 92.1 Å². The van der Waals surface area contributed by atoms with Gasteiger partial charge in [-0.15, -0.1) is 0 Å². The normalized spacial score (nSPS) is 10.9. The molecule has 55 heavy (non-hydrogen) atoms. The van der Waals surface area contributed by atoms with Crippen LogP contribution < -0.4 is 0 Å².